The number of hydrogen-bond acceptors (Lipinski definition) is 2. The van der Waals surface area contributed by atoms with Crippen LogP contribution in [0.2, 0.25) is 0 Å². The molecule has 2 heteroatoms. The Morgan fingerprint density at radius 1 is 0.929 bits per heavy atom. The molecule has 1 radical (unpaired) electrons. The van der Waals surface area contributed by atoms with E-state index in [-0.39, 0.29) is 0 Å². The standard InChI is InChI=1S/C12H17O2/c1-2-8(12-10(3-1)14-12)7-4-5-9-11(6-7)13-9/h2,7-12H,1,3-6H2. The second-order valence-corrected chi connectivity index (χ2v) is 5.32. The van der Waals surface area contributed by atoms with Crippen molar-refractivity contribution < 1.29 is 9.47 Å². The minimum atomic E-state index is 0.601. The summed E-state index contributed by atoms with van der Waals surface area (Å²) in [5.41, 5.74) is 0. The summed E-state index contributed by atoms with van der Waals surface area (Å²) in [4.78, 5) is 0. The predicted molar refractivity (Wildman–Crippen MR) is 51.7 cm³/mol. The lowest BCUT2D eigenvalue weighted by atomic mass is 9.73. The molecule has 0 aromatic carbocycles. The molecule has 4 rings (SSSR count). The molecule has 0 aromatic rings. The first-order valence-electron chi connectivity index (χ1n) is 6.06. The predicted octanol–water partition coefficient (Wildman–Crippen LogP) is 1.94. The van der Waals surface area contributed by atoms with E-state index in [4.69, 9.17) is 9.47 Å². The third-order valence-electron chi connectivity index (χ3n) is 4.48. The van der Waals surface area contributed by atoms with E-state index in [9.17, 15) is 0 Å². The summed E-state index contributed by atoms with van der Waals surface area (Å²) < 4.78 is 11.3. The van der Waals surface area contributed by atoms with Gasteiger partial charge < -0.3 is 9.47 Å². The van der Waals surface area contributed by atoms with Gasteiger partial charge in [0.2, 0.25) is 0 Å². The number of epoxide rings is 2. The molecule has 0 amide bonds. The van der Waals surface area contributed by atoms with Gasteiger partial charge in [0.15, 0.2) is 0 Å². The maximum Gasteiger partial charge on any atom is 0.0875 e. The Labute approximate surface area is 85.0 Å². The Balaban J connectivity index is 1.46. The second-order valence-electron chi connectivity index (χ2n) is 5.32. The highest BCUT2D eigenvalue weighted by molar-refractivity contribution is 5.06. The van der Waals surface area contributed by atoms with Gasteiger partial charge in [-0.05, 0) is 50.4 Å². The summed E-state index contributed by atoms with van der Waals surface area (Å²) in [6, 6.07) is 0. The van der Waals surface area contributed by atoms with Crippen LogP contribution < -0.4 is 0 Å². The zero-order chi connectivity index (χ0) is 9.12. The minimum absolute atomic E-state index is 0.601. The van der Waals surface area contributed by atoms with Crippen molar-refractivity contribution in [3.63, 3.8) is 0 Å². The number of fused-ring (bicyclic) bond motifs is 2. The van der Waals surface area contributed by atoms with Gasteiger partial charge >= 0.3 is 0 Å². The zero-order valence-corrected chi connectivity index (χ0v) is 8.39. The van der Waals surface area contributed by atoms with Crippen LogP contribution in [-0.4, -0.2) is 24.4 Å². The van der Waals surface area contributed by atoms with E-state index in [2.05, 4.69) is 6.42 Å². The van der Waals surface area contributed by atoms with E-state index < -0.39 is 0 Å². The van der Waals surface area contributed by atoms with Crippen LogP contribution in [0, 0.1) is 18.3 Å². The Hall–Kier alpha value is -0.0800. The molecule has 2 heterocycles. The number of ether oxygens (including phenoxy) is 2. The van der Waals surface area contributed by atoms with Gasteiger partial charge in [-0.15, -0.1) is 0 Å². The highest BCUT2D eigenvalue weighted by atomic mass is 16.6. The smallest absolute Gasteiger partial charge is 0.0875 e. The van der Waals surface area contributed by atoms with Gasteiger partial charge in [0.25, 0.3) is 0 Å². The van der Waals surface area contributed by atoms with Crippen molar-refractivity contribution in [3.8, 4) is 0 Å². The van der Waals surface area contributed by atoms with Crippen molar-refractivity contribution in [3.05, 3.63) is 6.42 Å². The van der Waals surface area contributed by atoms with E-state index in [0.29, 0.717) is 24.4 Å². The van der Waals surface area contributed by atoms with E-state index in [0.717, 1.165) is 11.8 Å². The van der Waals surface area contributed by atoms with Crippen LogP contribution in [0.4, 0.5) is 0 Å². The van der Waals surface area contributed by atoms with Crippen molar-refractivity contribution in [2.75, 3.05) is 0 Å². The molecule has 2 aliphatic heterocycles. The fraction of sp³-hybridized carbons (Fsp3) is 0.917. The van der Waals surface area contributed by atoms with Gasteiger partial charge in [-0.3, -0.25) is 0 Å². The van der Waals surface area contributed by atoms with Crippen LogP contribution in [0.25, 0.3) is 0 Å². The second kappa shape index (κ2) is 2.73. The van der Waals surface area contributed by atoms with Crippen LogP contribution >= 0.6 is 0 Å². The van der Waals surface area contributed by atoms with Crippen molar-refractivity contribution >= 4 is 0 Å². The molecule has 4 fully saturated rings. The lowest BCUT2D eigenvalue weighted by molar-refractivity contribution is 0.234. The van der Waals surface area contributed by atoms with Gasteiger partial charge in [0.1, 0.15) is 0 Å². The third-order valence-corrected chi connectivity index (χ3v) is 4.48. The van der Waals surface area contributed by atoms with E-state index in [1.807, 2.05) is 0 Å². The van der Waals surface area contributed by atoms with Crippen molar-refractivity contribution in [2.45, 2.75) is 56.5 Å². The zero-order valence-electron chi connectivity index (χ0n) is 8.39. The first-order valence-corrected chi connectivity index (χ1v) is 6.06. The molecule has 14 heavy (non-hydrogen) atoms. The topological polar surface area (TPSA) is 25.1 Å². The van der Waals surface area contributed by atoms with Gasteiger partial charge in [-0.25, -0.2) is 0 Å². The Morgan fingerprint density at radius 3 is 2.86 bits per heavy atom. The molecular weight excluding hydrogens is 176 g/mol. The molecule has 0 N–H and O–H groups in total. The van der Waals surface area contributed by atoms with Crippen LogP contribution in [-0.2, 0) is 9.47 Å². The van der Waals surface area contributed by atoms with Crippen LogP contribution in [0.5, 0.6) is 0 Å². The molecular formula is C12H17O2. The lowest BCUT2D eigenvalue weighted by Crippen LogP contribution is -2.29. The maximum atomic E-state index is 5.72. The van der Waals surface area contributed by atoms with E-state index >= 15 is 0 Å². The number of rotatable bonds is 1. The van der Waals surface area contributed by atoms with Gasteiger partial charge in [-0.1, -0.05) is 0 Å². The normalized spacial score (nSPS) is 60.0. The van der Waals surface area contributed by atoms with Crippen molar-refractivity contribution in [1.82, 2.24) is 0 Å². The Kier molecular flexibility index (Phi) is 1.58. The summed E-state index contributed by atoms with van der Waals surface area (Å²) in [6.07, 6.45) is 11.6. The third kappa shape index (κ3) is 1.17. The SMILES string of the molecule is [CH]1CCC2OC2C1C1CCC2OC2C1. The minimum Gasteiger partial charge on any atom is -0.370 e. The fourth-order valence-corrected chi connectivity index (χ4v) is 3.56. The Bertz CT molecular complexity index is 253. The summed E-state index contributed by atoms with van der Waals surface area (Å²) in [7, 11) is 0. The summed E-state index contributed by atoms with van der Waals surface area (Å²) in [5, 5.41) is 0. The molecule has 2 nitrogen and oxygen atoms in total. The highest BCUT2D eigenvalue weighted by Crippen LogP contribution is 2.50. The molecule has 2 saturated carbocycles. The fourth-order valence-electron chi connectivity index (χ4n) is 3.56. The molecule has 0 aromatic heterocycles. The van der Waals surface area contributed by atoms with Gasteiger partial charge in [0.05, 0.1) is 24.4 Å². The largest absolute Gasteiger partial charge is 0.370 e. The quantitative estimate of drug-likeness (QED) is 0.594. The summed E-state index contributed by atoms with van der Waals surface area (Å²) in [6.45, 7) is 0. The maximum absolute atomic E-state index is 5.72. The molecule has 4 aliphatic rings. The van der Waals surface area contributed by atoms with Crippen LogP contribution in [0.15, 0.2) is 0 Å². The Morgan fingerprint density at radius 2 is 1.93 bits per heavy atom. The average Bonchev–Trinajstić information content (AvgIpc) is 3.10. The molecule has 77 valence electrons. The van der Waals surface area contributed by atoms with E-state index in [1.165, 1.54) is 32.1 Å². The lowest BCUT2D eigenvalue weighted by Gasteiger charge is -2.29. The highest BCUT2D eigenvalue weighted by Gasteiger charge is 2.53. The van der Waals surface area contributed by atoms with Gasteiger partial charge in [0, 0.05) is 0 Å². The molecule has 0 spiro atoms. The first kappa shape index (κ1) is 8.12. The average molecular weight is 193 g/mol. The summed E-state index contributed by atoms with van der Waals surface area (Å²) >= 11 is 0. The first-order chi connectivity index (χ1) is 6.92. The number of hydrogen-bond donors (Lipinski definition) is 0. The molecule has 2 aliphatic carbocycles. The molecule has 6 atom stereocenters. The summed E-state index contributed by atoms with van der Waals surface area (Å²) in [5.74, 6) is 1.63. The monoisotopic (exact) mass is 193 g/mol. The molecule has 6 unspecified atom stereocenters. The van der Waals surface area contributed by atoms with Crippen molar-refractivity contribution in [1.29, 1.82) is 0 Å². The molecule has 2 saturated heterocycles. The van der Waals surface area contributed by atoms with Crippen LogP contribution in [0.3, 0.4) is 0 Å². The van der Waals surface area contributed by atoms with Gasteiger partial charge in [-0.2, -0.15) is 0 Å². The van der Waals surface area contributed by atoms with Crippen molar-refractivity contribution in [2.24, 2.45) is 11.8 Å². The van der Waals surface area contributed by atoms with E-state index in [1.54, 1.807) is 0 Å². The molecule has 0 bridgehead atoms. The van der Waals surface area contributed by atoms with Crippen LogP contribution in [0.1, 0.15) is 32.1 Å².